The summed E-state index contributed by atoms with van der Waals surface area (Å²) in [6, 6.07) is 20.7. The molecule has 0 bridgehead atoms. The number of rotatable bonds is 1. The smallest absolute Gasteiger partial charge is 0.0610 e. The van der Waals surface area contributed by atoms with Crippen molar-refractivity contribution in [3.05, 3.63) is 83.1 Å². The first-order chi connectivity index (χ1) is 10.3. The molecule has 1 aromatic heterocycles. The molecule has 0 saturated heterocycles. The molecule has 0 unspecified atom stereocenters. The van der Waals surface area contributed by atoms with E-state index in [0.717, 1.165) is 15.6 Å². The molecule has 1 nitrogen and oxygen atoms in total. The van der Waals surface area contributed by atoms with Crippen molar-refractivity contribution in [2.24, 2.45) is 0 Å². The third-order valence-electron chi connectivity index (χ3n) is 3.54. The predicted octanol–water partition coefficient (Wildman–Crippen LogP) is 5.73. The molecule has 0 N–H and O–H groups in total. The fraction of sp³-hybridized carbons (Fsp3) is 0. The van der Waals surface area contributed by atoms with Crippen LogP contribution in [0, 0.1) is 0 Å². The van der Waals surface area contributed by atoms with Gasteiger partial charge in [0.15, 0.2) is 0 Å². The Morgan fingerprint density at radius 2 is 1.71 bits per heavy atom. The maximum Gasteiger partial charge on any atom is 0.0610 e. The van der Waals surface area contributed by atoms with Crippen molar-refractivity contribution in [1.82, 2.24) is 4.57 Å². The molecule has 0 saturated carbocycles. The lowest BCUT2D eigenvalue weighted by molar-refractivity contribution is 1.03. The minimum Gasteiger partial charge on any atom is -0.316 e. The predicted molar refractivity (Wildman–Crippen MR) is 90.9 cm³/mol. The summed E-state index contributed by atoms with van der Waals surface area (Å²) in [7, 11) is 0. The number of fused-ring (bicyclic) bond motifs is 3. The molecule has 0 amide bonds. The highest BCUT2D eigenvalue weighted by Gasteiger charge is 2.18. The van der Waals surface area contributed by atoms with E-state index in [1.165, 1.54) is 16.2 Å². The van der Waals surface area contributed by atoms with Gasteiger partial charge in [-0.05, 0) is 35.9 Å². The quantitative estimate of drug-likeness (QED) is 0.555. The molecule has 0 atom stereocenters. The lowest BCUT2D eigenvalue weighted by atomic mass is 10.2. The Morgan fingerprint density at radius 1 is 0.857 bits per heavy atom. The van der Waals surface area contributed by atoms with Gasteiger partial charge in [0.25, 0.3) is 0 Å². The van der Waals surface area contributed by atoms with Gasteiger partial charge in [-0.3, -0.25) is 0 Å². The van der Waals surface area contributed by atoms with Crippen molar-refractivity contribution in [1.29, 1.82) is 0 Å². The van der Waals surface area contributed by atoms with Gasteiger partial charge in [0.1, 0.15) is 0 Å². The van der Waals surface area contributed by atoms with Crippen molar-refractivity contribution in [2.75, 3.05) is 0 Å². The Morgan fingerprint density at radius 3 is 2.57 bits per heavy atom. The highest BCUT2D eigenvalue weighted by Crippen LogP contribution is 2.44. The molecule has 0 radical (unpaired) electrons. The van der Waals surface area contributed by atoms with Crippen LogP contribution >= 0.6 is 23.4 Å². The Bertz CT molecular complexity index is 833. The van der Waals surface area contributed by atoms with E-state index in [4.69, 9.17) is 11.6 Å². The third kappa shape index (κ3) is 2.21. The molecule has 4 rings (SSSR count). The van der Waals surface area contributed by atoms with Crippen LogP contribution in [0.3, 0.4) is 0 Å². The Balaban J connectivity index is 1.97. The normalized spacial score (nSPS) is 13.1. The topological polar surface area (TPSA) is 4.93 Å². The molecule has 3 aromatic rings. The standard InChI is InChI=1S/C18H12ClNS/c19-15-9-4-10-16-18(15)21-17(13-6-2-1-3-7-13)12-14-8-5-11-20(14)16/h1-12H. The Hall–Kier alpha value is -1.90. The average molecular weight is 310 g/mol. The Kier molecular flexibility index (Phi) is 3.13. The fourth-order valence-electron chi connectivity index (χ4n) is 2.54. The lowest BCUT2D eigenvalue weighted by Crippen LogP contribution is -1.95. The minimum atomic E-state index is 0.792. The van der Waals surface area contributed by atoms with Crippen molar-refractivity contribution in [2.45, 2.75) is 4.90 Å². The van der Waals surface area contributed by atoms with E-state index in [0.29, 0.717) is 0 Å². The molecule has 0 fully saturated rings. The SMILES string of the molecule is Clc1cccc2c1SC(c1ccccc1)=Cc1cccn1-2. The van der Waals surface area contributed by atoms with Gasteiger partial charge >= 0.3 is 0 Å². The second-order valence-corrected chi connectivity index (χ2v) is 6.33. The van der Waals surface area contributed by atoms with Crippen molar-refractivity contribution < 1.29 is 0 Å². The summed E-state index contributed by atoms with van der Waals surface area (Å²) in [6.07, 6.45) is 4.30. The third-order valence-corrected chi connectivity index (χ3v) is 5.17. The number of hydrogen-bond acceptors (Lipinski definition) is 1. The van der Waals surface area contributed by atoms with E-state index in [-0.39, 0.29) is 0 Å². The largest absolute Gasteiger partial charge is 0.316 e. The van der Waals surface area contributed by atoms with Gasteiger partial charge in [0.2, 0.25) is 0 Å². The van der Waals surface area contributed by atoms with Crippen molar-refractivity contribution in [3.63, 3.8) is 0 Å². The van der Waals surface area contributed by atoms with Crippen LogP contribution in [-0.2, 0) is 0 Å². The molecular weight excluding hydrogens is 298 g/mol. The zero-order valence-corrected chi connectivity index (χ0v) is 12.7. The van der Waals surface area contributed by atoms with Gasteiger partial charge in [-0.1, -0.05) is 59.8 Å². The zero-order valence-electron chi connectivity index (χ0n) is 11.2. The molecule has 102 valence electrons. The maximum atomic E-state index is 6.44. The molecular formula is C18H12ClNS. The van der Waals surface area contributed by atoms with Crippen LogP contribution < -0.4 is 0 Å². The summed E-state index contributed by atoms with van der Waals surface area (Å²) in [6.45, 7) is 0. The Labute approximate surface area is 132 Å². The number of benzene rings is 2. The number of halogens is 1. The number of thioether (sulfide) groups is 1. The number of aromatic nitrogens is 1. The molecule has 0 spiro atoms. The van der Waals surface area contributed by atoms with Crippen LogP contribution in [0.2, 0.25) is 5.02 Å². The van der Waals surface area contributed by atoms with Crippen LogP contribution in [0.5, 0.6) is 0 Å². The second-order valence-electron chi connectivity index (χ2n) is 4.87. The molecule has 1 aliphatic heterocycles. The van der Waals surface area contributed by atoms with Crippen LogP contribution in [-0.4, -0.2) is 4.57 Å². The molecule has 1 aliphatic rings. The number of hydrogen-bond donors (Lipinski definition) is 0. The van der Waals surface area contributed by atoms with E-state index in [1.54, 1.807) is 11.8 Å². The van der Waals surface area contributed by atoms with Crippen LogP contribution in [0.4, 0.5) is 0 Å². The molecule has 2 aromatic carbocycles. The summed E-state index contributed by atoms with van der Waals surface area (Å²) in [5.74, 6) is 0. The highest BCUT2D eigenvalue weighted by atomic mass is 35.5. The first-order valence-corrected chi connectivity index (χ1v) is 7.93. The number of nitrogens with zero attached hydrogens (tertiary/aromatic N) is 1. The van der Waals surface area contributed by atoms with Gasteiger partial charge < -0.3 is 4.57 Å². The zero-order chi connectivity index (χ0) is 14.2. The van der Waals surface area contributed by atoms with E-state index >= 15 is 0 Å². The molecule has 0 aliphatic carbocycles. The maximum absolute atomic E-state index is 6.44. The van der Waals surface area contributed by atoms with E-state index in [9.17, 15) is 0 Å². The summed E-state index contributed by atoms with van der Waals surface area (Å²) in [4.78, 5) is 2.31. The van der Waals surface area contributed by atoms with Gasteiger partial charge in [-0.2, -0.15) is 0 Å². The van der Waals surface area contributed by atoms with Crippen LogP contribution in [0.1, 0.15) is 11.3 Å². The van der Waals surface area contributed by atoms with Crippen molar-refractivity contribution in [3.8, 4) is 5.69 Å². The lowest BCUT2D eigenvalue weighted by Gasteiger charge is -2.11. The van der Waals surface area contributed by atoms with E-state index in [1.807, 2.05) is 18.2 Å². The first-order valence-electron chi connectivity index (χ1n) is 6.74. The molecule has 21 heavy (non-hydrogen) atoms. The summed E-state index contributed by atoms with van der Waals surface area (Å²) < 4.78 is 2.18. The van der Waals surface area contributed by atoms with Crippen molar-refractivity contribution >= 4 is 34.3 Å². The van der Waals surface area contributed by atoms with Gasteiger partial charge in [0, 0.05) is 16.8 Å². The first kappa shape index (κ1) is 12.8. The monoisotopic (exact) mass is 309 g/mol. The van der Waals surface area contributed by atoms with E-state index in [2.05, 4.69) is 59.3 Å². The average Bonchev–Trinajstić information content (AvgIpc) is 2.91. The summed E-state index contributed by atoms with van der Waals surface area (Å²) in [5.41, 5.74) is 3.51. The van der Waals surface area contributed by atoms with Gasteiger partial charge in [0.05, 0.1) is 15.6 Å². The van der Waals surface area contributed by atoms with Crippen LogP contribution in [0.25, 0.3) is 16.7 Å². The molecule has 3 heteroatoms. The summed E-state index contributed by atoms with van der Waals surface area (Å²) in [5, 5.41) is 0.792. The summed E-state index contributed by atoms with van der Waals surface area (Å²) >= 11 is 8.17. The van der Waals surface area contributed by atoms with E-state index < -0.39 is 0 Å². The van der Waals surface area contributed by atoms with Crippen LogP contribution in [0.15, 0.2) is 71.8 Å². The second kappa shape index (κ2) is 5.14. The van der Waals surface area contributed by atoms with Gasteiger partial charge in [-0.15, -0.1) is 0 Å². The molecule has 2 heterocycles. The minimum absolute atomic E-state index is 0.792. The van der Waals surface area contributed by atoms with Gasteiger partial charge in [-0.25, -0.2) is 0 Å². The fourth-order valence-corrected chi connectivity index (χ4v) is 3.91. The highest BCUT2D eigenvalue weighted by molar-refractivity contribution is 8.08.